The Morgan fingerprint density at radius 1 is 0.976 bits per heavy atom. The summed E-state index contributed by atoms with van der Waals surface area (Å²) in [5, 5.41) is 27.4. The van der Waals surface area contributed by atoms with Crippen LogP contribution in [0.25, 0.3) is 16.6 Å². The summed E-state index contributed by atoms with van der Waals surface area (Å²) < 4.78 is 71.3. The lowest BCUT2D eigenvalue weighted by Crippen LogP contribution is -2.37. The van der Waals surface area contributed by atoms with Crippen molar-refractivity contribution in [3.8, 4) is 11.1 Å². The number of hydrogen-bond donors (Lipinski definition) is 2. The van der Waals surface area contributed by atoms with E-state index in [2.05, 4.69) is 49.2 Å². The van der Waals surface area contributed by atoms with Gasteiger partial charge in [0, 0.05) is 43.8 Å². The first kappa shape index (κ1) is 31.4. The number of hydrogen-bond acceptors (Lipinski definition) is 8. The molecule has 4 aromatic rings. The highest BCUT2D eigenvalue weighted by Crippen LogP contribution is 2.27. The summed E-state index contributed by atoms with van der Waals surface area (Å²) in [4.78, 5) is 24.3. The number of carboxylic acids is 2. The predicted molar refractivity (Wildman–Crippen MR) is 132 cm³/mol. The van der Waals surface area contributed by atoms with Crippen LogP contribution in [0.4, 0.5) is 26.3 Å². The zero-order chi connectivity index (χ0) is 30.2. The van der Waals surface area contributed by atoms with Crippen LogP contribution in [0, 0.1) is 0 Å². The number of alkyl halides is 6. The molecule has 1 aliphatic rings. The molecule has 17 heteroatoms. The van der Waals surface area contributed by atoms with Crippen LogP contribution in [0.3, 0.4) is 0 Å². The largest absolute Gasteiger partial charge is 0.490 e. The van der Waals surface area contributed by atoms with Crippen molar-refractivity contribution < 1.29 is 50.9 Å². The highest BCUT2D eigenvalue weighted by molar-refractivity contribution is 7.07. The first-order chi connectivity index (χ1) is 19.3. The molecule has 0 spiro atoms. The molecule has 0 aromatic carbocycles. The molecule has 0 aliphatic carbocycles. The highest BCUT2D eigenvalue weighted by atomic mass is 32.1. The minimum Gasteiger partial charge on any atom is -0.475 e. The quantitative estimate of drug-likeness (QED) is 0.318. The summed E-state index contributed by atoms with van der Waals surface area (Å²) in [5.41, 5.74) is 5.46. The van der Waals surface area contributed by atoms with Crippen LogP contribution in [0.15, 0.2) is 59.7 Å². The zero-order valence-corrected chi connectivity index (χ0v) is 21.5. The standard InChI is InChI=1S/C20H19N5OS.2C2HF3O2/c1-2-18-20(19-13-24(8-9-26-19)11-15-5-10-27-14-15)22-23-25(18)12-17(1)16-3-6-21-7-4-16;2*3-2(4,5)1(6)7/h1-7,10,12,14,19H,8-9,11,13H2;2*(H,6,7). The maximum atomic E-state index is 10.6. The van der Waals surface area contributed by atoms with Crippen molar-refractivity contribution in [2.24, 2.45) is 0 Å². The number of aliphatic carboxylic acids is 2. The van der Waals surface area contributed by atoms with Gasteiger partial charge in [0.1, 0.15) is 11.8 Å². The summed E-state index contributed by atoms with van der Waals surface area (Å²) in [7, 11) is 0. The Hall–Kier alpha value is -4.09. The van der Waals surface area contributed by atoms with Crippen molar-refractivity contribution in [3.05, 3.63) is 70.9 Å². The van der Waals surface area contributed by atoms with Gasteiger partial charge in [-0.05, 0) is 46.2 Å². The lowest BCUT2D eigenvalue weighted by Gasteiger charge is -2.31. The third kappa shape index (κ3) is 9.22. The number of carboxylic acid groups (broad SMARTS) is 2. The zero-order valence-electron chi connectivity index (χ0n) is 20.7. The molecule has 5 rings (SSSR count). The molecule has 1 aliphatic heterocycles. The minimum absolute atomic E-state index is 0.0540. The average molecular weight is 606 g/mol. The molecule has 5 heterocycles. The molecule has 10 nitrogen and oxygen atoms in total. The van der Waals surface area contributed by atoms with Crippen LogP contribution < -0.4 is 0 Å². The van der Waals surface area contributed by atoms with E-state index in [9.17, 15) is 26.3 Å². The molecular weight excluding hydrogens is 584 g/mol. The van der Waals surface area contributed by atoms with Gasteiger partial charge in [0.05, 0.1) is 12.1 Å². The van der Waals surface area contributed by atoms with E-state index in [0.29, 0.717) is 6.61 Å². The Labute approximate surface area is 231 Å². The van der Waals surface area contributed by atoms with E-state index in [-0.39, 0.29) is 6.10 Å². The van der Waals surface area contributed by atoms with E-state index in [0.717, 1.165) is 42.0 Å². The number of fused-ring (bicyclic) bond motifs is 1. The van der Waals surface area contributed by atoms with Crippen molar-refractivity contribution in [1.29, 1.82) is 0 Å². The van der Waals surface area contributed by atoms with Gasteiger partial charge in [0.25, 0.3) is 0 Å². The van der Waals surface area contributed by atoms with Crippen LogP contribution in [-0.4, -0.2) is 78.9 Å². The number of ether oxygens (including phenoxy) is 1. The molecule has 1 atom stereocenters. The van der Waals surface area contributed by atoms with Crippen molar-refractivity contribution in [2.75, 3.05) is 19.7 Å². The molecule has 41 heavy (non-hydrogen) atoms. The van der Waals surface area contributed by atoms with Gasteiger partial charge < -0.3 is 14.9 Å². The molecule has 0 amide bonds. The summed E-state index contributed by atoms with van der Waals surface area (Å²) in [6.45, 7) is 3.44. The third-order valence-corrected chi connectivity index (χ3v) is 6.11. The van der Waals surface area contributed by atoms with Crippen molar-refractivity contribution in [3.63, 3.8) is 0 Å². The van der Waals surface area contributed by atoms with Gasteiger partial charge in [-0.15, -0.1) is 5.10 Å². The Bertz CT molecular complexity index is 1410. The van der Waals surface area contributed by atoms with Crippen LogP contribution in [0.5, 0.6) is 0 Å². The Balaban J connectivity index is 0.000000276. The first-order valence-electron chi connectivity index (χ1n) is 11.5. The second-order valence-electron chi connectivity index (χ2n) is 8.29. The molecule has 0 saturated carbocycles. The van der Waals surface area contributed by atoms with E-state index in [1.165, 1.54) is 5.56 Å². The van der Waals surface area contributed by atoms with E-state index >= 15 is 0 Å². The molecule has 1 unspecified atom stereocenters. The van der Waals surface area contributed by atoms with Gasteiger partial charge in [0.2, 0.25) is 0 Å². The van der Waals surface area contributed by atoms with E-state index in [4.69, 9.17) is 24.5 Å². The topological polar surface area (TPSA) is 130 Å². The molecule has 0 bridgehead atoms. The van der Waals surface area contributed by atoms with Crippen LogP contribution >= 0.6 is 11.3 Å². The van der Waals surface area contributed by atoms with E-state index in [1.807, 2.05) is 22.8 Å². The lowest BCUT2D eigenvalue weighted by molar-refractivity contribution is -0.193. The third-order valence-electron chi connectivity index (χ3n) is 5.38. The lowest BCUT2D eigenvalue weighted by atomic mass is 10.1. The van der Waals surface area contributed by atoms with Crippen LogP contribution in [-0.2, 0) is 20.9 Å². The van der Waals surface area contributed by atoms with Gasteiger partial charge in [0.15, 0.2) is 0 Å². The van der Waals surface area contributed by atoms with Crippen LogP contribution in [0.1, 0.15) is 17.4 Å². The summed E-state index contributed by atoms with van der Waals surface area (Å²) in [6, 6.07) is 10.3. The van der Waals surface area contributed by atoms with Gasteiger partial charge >= 0.3 is 24.3 Å². The normalized spacial score (nSPS) is 15.8. The maximum Gasteiger partial charge on any atom is 0.490 e. The van der Waals surface area contributed by atoms with Crippen molar-refractivity contribution in [1.82, 2.24) is 24.7 Å². The number of thiophene rings is 1. The van der Waals surface area contributed by atoms with Crippen LogP contribution in [0.2, 0.25) is 0 Å². The fraction of sp³-hybridized carbons (Fsp3) is 0.292. The molecule has 2 N–H and O–H groups in total. The number of nitrogens with zero attached hydrogens (tertiary/aromatic N) is 5. The van der Waals surface area contributed by atoms with Crippen molar-refractivity contribution >= 4 is 28.8 Å². The number of pyridine rings is 2. The smallest absolute Gasteiger partial charge is 0.475 e. The first-order valence-corrected chi connectivity index (χ1v) is 12.4. The van der Waals surface area contributed by atoms with Gasteiger partial charge in [-0.25, -0.2) is 14.1 Å². The summed E-state index contributed by atoms with van der Waals surface area (Å²) in [6.07, 6.45) is -4.62. The monoisotopic (exact) mass is 605 g/mol. The second kappa shape index (κ2) is 13.5. The molecule has 4 aromatic heterocycles. The number of carbonyl (C=O) groups is 2. The fourth-order valence-electron chi connectivity index (χ4n) is 3.51. The SMILES string of the molecule is O=C(O)C(F)(F)F.O=C(O)C(F)(F)F.c1cc(-c2ccc3c(C4CN(Cc5ccsc5)CCO4)nnn3c2)ccn1. The second-order valence-corrected chi connectivity index (χ2v) is 9.07. The number of rotatable bonds is 4. The summed E-state index contributed by atoms with van der Waals surface area (Å²) >= 11 is 1.74. The molecule has 0 radical (unpaired) electrons. The van der Waals surface area contributed by atoms with Gasteiger partial charge in [-0.3, -0.25) is 9.88 Å². The van der Waals surface area contributed by atoms with Gasteiger partial charge in [-0.1, -0.05) is 11.3 Å². The minimum atomic E-state index is -5.08. The number of halogens is 6. The number of morpholine rings is 1. The molecular formula is C24H21F6N5O5S. The Morgan fingerprint density at radius 2 is 1.61 bits per heavy atom. The number of aromatic nitrogens is 4. The van der Waals surface area contributed by atoms with Gasteiger partial charge in [-0.2, -0.15) is 37.7 Å². The van der Waals surface area contributed by atoms with E-state index in [1.54, 1.807) is 23.7 Å². The van der Waals surface area contributed by atoms with Crippen molar-refractivity contribution in [2.45, 2.75) is 25.0 Å². The molecule has 1 saturated heterocycles. The predicted octanol–water partition coefficient (Wildman–Crippen LogP) is 4.69. The van der Waals surface area contributed by atoms with E-state index < -0.39 is 24.3 Å². The average Bonchev–Trinajstić information content (AvgIpc) is 3.58. The Kier molecular flexibility index (Phi) is 10.4. The Morgan fingerprint density at radius 3 is 2.17 bits per heavy atom. The summed E-state index contributed by atoms with van der Waals surface area (Å²) in [5.74, 6) is -5.51. The molecule has 220 valence electrons. The highest BCUT2D eigenvalue weighted by Gasteiger charge is 2.38. The molecule has 1 fully saturated rings. The maximum absolute atomic E-state index is 10.6. The fourth-order valence-corrected chi connectivity index (χ4v) is 4.17.